The van der Waals surface area contributed by atoms with Gasteiger partial charge >= 0.3 is 0 Å². The fourth-order valence-electron chi connectivity index (χ4n) is 8.85. The van der Waals surface area contributed by atoms with Crippen LogP contribution in [-0.2, 0) is 19.1 Å². The number of imidazole rings is 2. The zero-order valence-corrected chi connectivity index (χ0v) is 27.1. The van der Waals surface area contributed by atoms with Crippen molar-refractivity contribution < 1.29 is 19.1 Å². The molecule has 2 bridgehead atoms. The van der Waals surface area contributed by atoms with Gasteiger partial charge in [-0.25, -0.2) is 9.97 Å². The molecule has 6 heterocycles. The number of benzene rings is 2. The first-order valence-electron chi connectivity index (χ1n) is 17.7. The van der Waals surface area contributed by atoms with Crippen molar-refractivity contribution in [3.63, 3.8) is 0 Å². The van der Waals surface area contributed by atoms with Gasteiger partial charge in [0, 0.05) is 25.8 Å². The van der Waals surface area contributed by atoms with Gasteiger partial charge in [0.1, 0.15) is 11.6 Å². The lowest BCUT2D eigenvalue weighted by Crippen LogP contribution is -2.43. The first kappa shape index (κ1) is 29.8. The first-order valence-corrected chi connectivity index (χ1v) is 17.7. The molecule has 6 atom stereocenters. The Morgan fingerprint density at radius 3 is 1.90 bits per heavy atom. The van der Waals surface area contributed by atoms with Crippen LogP contribution in [0.2, 0.25) is 0 Å². The van der Waals surface area contributed by atoms with E-state index in [0.29, 0.717) is 38.4 Å². The Labute approximate surface area is 280 Å². The van der Waals surface area contributed by atoms with E-state index in [1.165, 1.54) is 0 Å². The number of hydrogen-bond donors (Lipinski definition) is 2. The lowest BCUT2D eigenvalue weighted by atomic mass is 9.96. The lowest BCUT2D eigenvalue weighted by Gasteiger charge is -2.35. The number of fused-ring (bicyclic) bond motifs is 2. The quantitative estimate of drug-likeness (QED) is 0.258. The summed E-state index contributed by atoms with van der Waals surface area (Å²) in [6, 6.07) is 17.4. The number of aromatic nitrogens is 4. The minimum absolute atomic E-state index is 0.00247. The number of rotatable bonds is 7. The molecule has 10 nitrogen and oxygen atoms in total. The molecule has 2 aromatic carbocycles. The smallest absolute Gasteiger partial charge is 0.228 e. The molecule has 4 aromatic rings. The van der Waals surface area contributed by atoms with Gasteiger partial charge in [-0.05, 0) is 73.1 Å². The van der Waals surface area contributed by atoms with Crippen molar-refractivity contribution in [2.75, 3.05) is 33.0 Å². The fourth-order valence-corrected chi connectivity index (χ4v) is 8.85. The van der Waals surface area contributed by atoms with Crippen LogP contribution in [0.4, 0.5) is 0 Å². The summed E-state index contributed by atoms with van der Waals surface area (Å²) >= 11 is 0. The van der Waals surface area contributed by atoms with Crippen LogP contribution in [0.1, 0.15) is 68.7 Å². The molecule has 48 heavy (non-hydrogen) atoms. The van der Waals surface area contributed by atoms with Gasteiger partial charge in [0.2, 0.25) is 11.8 Å². The molecule has 248 valence electrons. The third kappa shape index (κ3) is 5.26. The van der Waals surface area contributed by atoms with Crippen molar-refractivity contribution in [3.8, 4) is 33.6 Å². The van der Waals surface area contributed by atoms with Crippen LogP contribution < -0.4 is 0 Å². The Morgan fingerprint density at radius 2 is 1.27 bits per heavy atom. The van der Waals surface area contributed by atoms with Crippen molar-refractivity contribution in [2.24, 2.45) is 17.8 Å². The highest BCUT2D eigenvalue weighted by Gasteiger charge is 2.51. The number of carbonyl (C=O) groups excluding carboxylic acids is 2. The molecule has 10 heteroatoms. The van der Waals surface area contributed by atoms with Crippen LogP contribution in [0, 0.1) is 17.8 Å². The molecule has 5 fully saturated rings. The van der Waals surface area contributed by atoms with Crippen LogP contribution in [0.3, 0.4) is 0 Å². The van der Waals surface area contributed by atoms with Crippen LogP contribution in [0.15, 0.2) is 60.9 Å². The average Bonchev–Trinajstić information content (AvgIpc) is 3.98. The number of nitrogens with one attached hydrogen (secondary N) is 2. The number of aromatic amines is 2. The summed E-state index contributed by atoms with van der Waals surface area (Å²) in [5.74, 6) is 2.64. The number of ether oxygens (including phenoxy) is 2. The topological polar surface area (TPSA) is 116 Å². The second-order valence-electron chi connectivity index (χ2n) is 14.2. The summed E-state index contributed by atoms with van der Waals surface area (Å²) in [7, 11) is 0. The predicted octanol–water partition coefficient (Wildman–Crippen LogP) is 5.92. The minimum Gasteiger partial charge on any atom is -0.381 e. The Morgan fingerprint density at radius 1 is 0.688 bits per heavy atom. The van der Waals surface area contributed by atoms with Crippen molar-refractivity contribution >= 4 is 11.8 Å². The first-order chi connectivity index (χ1) is 23.6. The van der Waals surface area contributed by atoms with E-state index in [0.717, 1.165) is 96.8 Å². The van der Waals surface area contributed by atoms with Gasteiger partial charge in [0.15, 0.2) is 0 Å². The van der Waals surface area contributed by atoms with Crippen LogP contribution >= 0.6 is 0 Å². The molecule has 5 aliphatic rings. The number of amides is 2. The summed E-state index contributed by atoms with van der Waals surface area (Å²) in [5.41, 5.74) is 6.33. The number of H-pyrrole nitrogens is 2. The Bertz CT molecular complexity index is 1790. The second kappa shape index (κ2) is 12.3. The van der Waals surface area contributed by atoms with Gasteiger partial charge in [0.25, 0.3) is 0 Å². The standard InChI is InChI=1S/C38H42N6O4/c45-37(28-13-16-47-21-28)43-15-1-2-33(43)35-39-19-31(41-35)25-7-3-23(4-8-25)24-5-9-26(10-6-24)32-20-40-36(42-32)34-27-11-12-30(18-27)44(34)38(46)29-14-17-48-22-29/h3-10,19-20,27-30,33-34H,1-2,11-18,21-22H2,(H,39,41)(H,40,42)/t27-,28?,29?,30-,33-,34+/m0/s1. The van der Waals surface area contributed by atoms with E-state index < -0.39 is 0 Å². The molecular weight excluding hydrogens is 604 g/mol. The maximum Gasteiger partial charge on any atom is 0.228 e. The van der Waals surface area contributed by atoms with Crippen molar-refractivity contribution in [3.05, 3.63) is 72.6 Å². The van der Waals surface area contributed by atoms with E-state index >= 15 is 0 Å². The zero-order chi connectivity index (χ0) is 32.2. The SMILES string of the molecule is O=C(C1CCOC1)N1CCC[C@H]1c1ncc(-c2ccc(-c3ccc(-c4cnc([C@H]5[C@H]6CC[C@@H](C6)N5C(=O)C5CCOC5)[nH]4)cc3)cc2)[nH]1. The van der Waals surface area contributed by atoms with Gasteiger partial charge in [-0.3, -0.25) is 9.59 Å². The van der Waals surface area contributed by atoms with Crippen LogP contribution in [0.25, 0.3) is 33.6 Å². The van der Waals surface area contributed by atoms with Gasteiger partial charge < -0.3 is 29.2 Å². The highest BCUT2D eigenvalue weighted by molar-refractivity contribution is 5.81. The Balaban J connectivity index is 0.876. The normalized spacial score (nSPS) is 28.2. The molecule has 0 radical (unpaired) electrons. The molecule has 2 amide bonds. The van der Waals surface area contributed by atoms with E-state index in [4.69, 9.17) is 19.4 Å². The van der Waals surface area contributed by atoms with E-state index in [1.807, 2.05) is 17.3 Å². The number of piperidine rings is 1. The molecule has 2 unspecified atom stereocenters. The van der Waals surface area contributed by atoms with E-state index in [1.54, 1.807) is 0 Å². The summed E-state index contributed by atoms with van der Waals surface area (Å²) < 4.78 is 11.0. The molecule has 0 spiro atoms. The molecule has 2 aromatic heterocycles. The third-order valence-electron chi connectivity index (χ3n) is 11.4. The van der Waals surface area contributed by atoms with E-state index in [2.05, 4.69) is 63.4 Å². The van der Waals surface area contributed by atoms with Gasteiger partial charge in [-0.1, -0.05) is 48.5 Å². The van der Waals surface area contributed by atoms with Crippen molar-refractivity contribution in [1.82, 2.24) is 29.7 Å². The molecule has 4 aliphatic heterocycles. The minimum atomic E-state index is -0.0225. The fraction of sp³-hybridized carbons (Fsp3) is 0.474. The maximum absolute atomic E-state index is 13.5. The van der Waals surface area contributed by atoms with Crippen LogP contribution in [-0.4, -0.2) is 80.6 Å². The highest BCUT2D eigenvalue weighted by Crippen LogP contribution is 2.50. The summed E-state index contributed by atoms with van der Waals surface area (Å²) in [6.07, 6.45) is 10.7. The number of carbonyl (C=O) groups is 2. The summed E-state index contributed by atoms with van der Waals surface area (Å²) in [4.78, 5) is 47.4. The average molecular weight is 647 g/mol. The molecule has 9 rings (SSSR count). The van der Waals surface area contributed by atoms with Crippen molar-refractivity contribution in [2.45, 2.75) is 63.1 Å². The van der Waals surface area contributed by atoms with Crippen molar-refractivity contribution in [1.29, 1.82) is 0 Å². The highest BCUT2D eigenvalue weighted by atomic mass is 16.5. The van der Waals surface area contributed by atoms with Gasteiger partial charge in [-0.2, -0.15) is 0 Å². The monoisotopic (exact) mass is 646 g/mol. The van der Waals surface area contributed by atoms with Gasteiger partial charge in [0.05, 0.1) is 60.9 Å². The van der Waals surface area contributed by atoms with Crippen LogP contribution in [0.5, 0.6) is 0 Å². The predicted molar refractivity (Wildman–Crippen MR) is 179 cm³/mol. The zero-order valence-electron chi connectivity index (χ0n) is 27.1. The Kier molecular flexibility index (Phi) is 7.65. The number of hydrogen-bond acceptors (Lipinski definition) is 6. The van der Waals surface area contributed by atoms with E-state index in [9.17, 15) is 9.59 Å². The third-order valence-corrected chi connectivity index (χ3v) is 11.4. The number of nitrogens with zero attached hydrogens (tertiary/aromatic N) is 4. The lowest BCUT2D eigenvalue weighted by molar-refractivity contribution is -0.140. The second-order valence-corrected chi connectivity index (χ2v) is 14.2. The Hall–Kier alpha value is -4.28. The van der Waals surface area contributed by atoms with Gasteiger partial charge in [-0.15, -0.1) is 0 Å². The molecule has 4 saturated heterocycles. The molecular formula is C38H42N6O4. The van der Waals surface area contributed by atoms with E-state index in [-0.39, 0.29) is 35.7 Å². The molecule has 2 N–H and O–H groups in total. The largest absolute Gasteiger partial charge is 0.381 e. The summed E-state index contributed by atoms with van der Waals surface area (Å²) in [5, 5.41) is 0. The molecule has 1 aliphatic carbocycles. The molecule has 1 saturated carbocycles. The maximum atomic E-state index is 13.5. The summed E-state index contributed by atoms with van der Waals surface area (Å²) in [6.45, 7) is 3.21. The number of likely N-dealkylation sites (tertiary alicyclic amines) is 2.